The third-order valence-electron chi connectivity index (χ3n) is 8.21. The third kappa shape index (κ3) is 5.33. The minimum Gasteiger partial charge on any atom is -0.493 e. The Labute approximate surface area is 249 Å². The molecule has 4 aromatic carbocycles. The van der Waals surface area contributed by atoms with E-state index in [1.54, 1.807) is 32.4 Å². The van der Waals surface area contributed by atoms with Crippen LogP contribution in [0.5, 0.6) is 11.5 Å². The zero-order chi connectivity index (χ0) is 30.1. The summed E-state index contributed by atoms with van der Waals surface area (Å²) >= 11 is 0. The number of aliphatic hydroxyl groups excluding tert-OH is 1. The Morgan fingerprint density at radius 2 is 1.63 bits per heavy atom. The topological polar surface area (TPSA) is 127 Å². The molecular formula is C35H33N3O5. The number of fused-ring (bicyclic) bond motifs is 4. The average Bonchev–Trinajstić information content (AvgIpc) is 3.45. The molecule has 8 nitrogen and oxygen atoms in total. The third-order valence-corrected chi connectivity index (χ3v) is 8.21. The van der Waals surface area contributed by atoms with E-state index in [0.29, 0.717) is 40.2 Å². The number of ether oxygens (including phenoxy) is 2. The summed E-state index contributed by atoms with van der Waals surface area (Å²) in [5.74, 6) is 0.400. The van der Waals surface area contributed by atoms with Crippen LogP contribution in [0.3, 0.4) is 0 Å². The molecule has 0 radical (unpaired) electrons. The number of hydrogen-bond donors (Lipinski definition) is 4. The largest absolute Gasteiger partial charge is 0.493 e. The predicted octanol–water partition coefficient (Wildman–Crippen LogP) is 5.05. The number of hydrogen-bond acceptors (Lipinski definition) is 5. The van der Waals surface area contributed by atoms with E-state index in [4.69, 9.17) is 15.2 Å². The van der Waals surface area contributed by atoms with E-state index in [9.17, 15) is 14.7 Å². The number of benzene rings is 4. The highest BCUT2D eigenvalue weighted by Gasteiger charge is 2.25. The lowest BCUT2D eigenvalue weighted by Crippen LogP contribution is -2.39. The fourth-order valence-corrected chi connectivity index (χ4v) is 6.01. The second kappa shape index (κ2) is 11.7. The average molecular weight is 576 g/mol. The molecule has 43 heavy (non-hydrogen) atoms. The van der Waals surface area contributed by atoms with Crippen LogP contribution in [0.25, 0.3) is 33.2 Å². The lowest BCUT2D eigenvalue weighted by atomic mass is 9.81. The molecule has 0 bridgehead atoms. The summed E-state index contributed by atoms with van der Waals surface area (Å²) in [7, 11) is 3.22. The van der Waals surface area contributed by atoms with Crippen LogP contribution in [-0.2, 0) is 19.3 Å². The first kappa shape index (κ1) is 28.1. The van der Waals surface area contributed by atoms with Crippen molar-refractivity contribution in [3.63, 3.8) is 0 Å². The van der Waals surface area contributed by atoms with Crippen molar-refractivity contribution in [2.75, 3.05) is 20.8 Å². The number of rotatable bonds is 9. The Kier molecular flexibility index (Phi) is 7.61. The van der Waals surface area contributed by atoms with Crippen molar-refractivity contribution in [1.82, 2.24) is 10.3 Å². The summed E-state index contributed by atoms with van der Waals surface area (Å²) in [5, 5.41) is 14.4. The number of nitrogens with two attached hydrogens (primary N) is 1. The van der Waals surface area contributed by atoms with E-state index in [-0.39, 0.29) is 12.5 Å². The monoisotopic (exact) mass is 575 g/mol. The minimum absolute atomic E-state index is 0.234. The molecule has 5 N–H and O–H groups in total. The van der Waals surface area contributed by atoms with Gasteiger partial charge in [-0.1, -0.05) is 30.3 Å². The molecule has 1 atom stereocenters. The molecule has 0 fully saturated rings. The summed E-state index contributed by atoms with van der Waals surface area (Å²) < 4.78 is 11.1. The Morgan fingerprint density at radius 3 is 2.37 bits per heavy atom. The van der Waals surface area contributed by atoms with Crippen LogP contribution in [0.2, 0.25) is 0 Å². The molecule has 218 valence electrons. The number of nitrogens with one attached hydrogen (secondary N) is 2. The van der Waals surface area contributed by atoms with Crippen molar-refractivity contribution < 1.29 is 24.2 Å². The maximum Gasteiger partial charge on any atom is 0.252 e. The van der Waals surface area contributed by atoms with Gasteiger partial charge in [0.05, 0.1) is 26.9 Å². The summed E-state index contributed by atoms with van der Waals surface area (Å²) in [5.41, 5.74) is 13.9. The van der Waals surface area contributed by atoms with Gasteiger partial charge in [0.2, 0.25) is 5.91 Å². The molecule has 0 aliphatic heterocycles. The van der Waals surface area contributed by atoms with Crippen molar-refractivity contribution in [2.45, 2.75) is 25.3 Å². The van der Waals surface area contributed by atoms with Gasteiger partial charge in [-0.25, -0.2) is 0 Å². The number of para-hydroxylation sites is 1. The van der Waals surface area contributed by atoms with Crippen LogP contribution in [0.15, 0.2) is 79.0 Å². The summed E-state index contributed by atoms with van der Waals surface area (Å²) in [6.45, 7) is -0.234. The maximum atomic E-state index is 14.1. The molecule has 6 rings (SSSR count). The van der Waals surface area contributed by atoms with E-state index in [1.165, 1.54) is 0 Å². The van der Waals surface area contributed by atoms with E-state index in [2.05, 4.69) is 10.3 Å². The van der Waals surface area contributed by atoms with Gasteiger partial charge in [-0.2, -0.15) is 0 Å². The van der Waals surface area contributed by atoms with Gasteiger partial charge < -0.3 is 30.6 Å². The first-order chi connectivity index (χ1) is 20.9. The van der Waals surface area contributed by atoms with Gasteiger partial charge in [0.1, 0.15) is 0 Å². The van der Waals surface area contributed by atoms with Crippen molar-refractivity contribution in [3.8, 4) is 33.8 Å². The van der Waals surface area contributed by atoms with Gasteiger partial charge in [-0.05, 0) is 101 Å². The van der Waals surface area contributed by atoms with Crippen molar-refractivity contribution in [3.05, 3.63) is 107 Å². The molecule has 0 saturated heterocycles. The Morgan fingerprint density at radius 1 is 0.907 bits per heavy atom. The molecule has 1 heterocycles. The fourth-order valence-electron chi connectivity index (χ4n) is 6.01. The number of aromatic nitrogens is 1. The smallest absolute Gasteiger partial charge is 0.252 e. The number of amides is 2. The quantitative estimate of drug-likeness (QED) is 0.196. The highest BCUT2D eigenvalue weighted by molar-refractivity contribution is 6.04. The number of aromatic amines is 1. The van der Waals surface area contributed by atoms with Gasteiger partial charge in [-0.3, -0.25) is 9.59 Å². The predicted molar refractivity (Wildman–Crippen MR) is 167 cm³/mol. The normalized spacial score (nSPS) is 12.7. The molecule has 5 aromatic rings. The maximum absolute atomic E-state index is 14.1. The summed E-state index contributed by atoms with van der Waals surface area (Å²) in [6, 6.07) is 22.3. The molecule has 0 spiro atoms. The zero-order valence-corrected chi connectivity index (χ0v) is 24.1. The molecular weight excluding hydrogens is 542 g/mol. The summed E-state index contributed by atoms with van der Waals surface area (Å²) in [4.78, 5) is 29.3. The lowest BCUT2D eigenvalue weighted by molar-refractivity contribution is 0.0916. The van der Waals surface area contributed by atoms with E-state index < -0.39 is 11.9 Å². The van der Waals surface area contributed by atoms with Gasteiger partial charge in [0.15, 0.2) is 11.5 Å². The molecule has 2 amide bonds. The zero-order valence-electron chi connectivity index (χ0n) is 24.1. The SMILES string of the molecule is COc1cc2c(cc1OC)-c1cc(C(=O)NC(CO)Cc3c[nH]c4ccccc34)c(-c3cccc(C(N)=O)c3)cc1CC2. The Bertz CT molecular complexity index is 1860. The van der Waals surface area contributed by atoms with Crippen LogP contribution in [0.4, 0.5) is 0 Å². The van der Waals surface area contributed by atoms with Gasteiger partial charge in [-0.15, -0.1) is 0 Å². The number of methoxy groups -OCH3 is 2. The second-order valence-corrected chi connectivity index (χ2v) is 10.8. The highest BCUT2D eigenvalue weighted by Crippen LogP contribution is 2.43. The standard InChI is InChI=1S/C35H33N3O5/c1-42-32-15-22-11-10-21-14-27(20-6-5-7-23(12-20)34(36)40)30(16-28(21)29(22)17-33(32)43-2)35(41)38-25(19-39)13-24-18-37-31-9-4-3-8-26(24)31/h3-9,12,14-18,25,37,39H,10-11,13,19H2,1-2H3,(H2,36,40)(H,38,41). The Balaban J connectivity index is 1.43. The Hall–Kier alpha value is -5.08. The number of carbonyl (C=O) groups is 2. The first-order valence-electron chi connectivity index (χ1n) is 14.2. The van der Waals surface area contributed by atoms with E-state index in [0.717, 1.165) is 51.6 Å². The van der Waals surface area contributed by atoms with Crippen LogP contribution in [0.1, 0.15) is 37.4 Å². The number of carbonyl (C=O) groups excluding carboxylic acids is 2. The van der Waals surface area contributed by atoms with Crippen molar-refractivity contribution in [2.24, 2.45) is 5.73 Å². The number of H-pyrrole nitrogens is 1. The summed E-state index contributed by atoms with van der Waals surface area (Å²) in [6.07, 6.45) is 3.93. The second-order valence-electron chi connectivity index (χ2n) is 10.8. The van der Waals surface area contributed by atoms with E-state index >= 15 is 0 Å². The number of aliphatic hydroxyl groups is 1. The van der Waals surface area contributed by atoms with Crippen LogP contribution in [0, 0.1) is 0 Å². The molecule has 1 aliphatic rings. The lowest BCUT2D eigenvalue weighted by Gasteiger charge is -2.25. The van der Waals surface area contributed by atoms with E-state index in [1.807, 2.05) is 60.8 Å². The molecule has 1 unspecified atom stereocenters. The fraction of sp³-hybridized carbons (Fsp3) is 0.200. The molecule has 8 heteroatoms. The van der Waals surface area contributed by atoms with Crippen LogP contribution < -0.4 is 20.5 Å². The van der Waals surface area contributed by atoms with Crippen molar-refractivity contribution in [1.29, 1.82) is 0 Å². The van der Waals surface area contributed by atoms with Gasteiger partial charge in [0, 0.05) is 28.2 Å². The highest BCUT2D eigenvalue weighted by atomic mass is 16.5. The minimum atomic E-state index is -0.542. The van der Waals surface area contributed by atoms with Crippen LogP contribution in [-0.4, -0.2) is 48.8 Å². The molecule has 1 aliphatic carbocycles. The van der Waals surface area contributed by atoms with Gasteiger partial charge >= 0.3 is 0 Å². The number of primary amides is 1. The van der Waals surface area contributed by atoms with Gasteiger partial charge in [0.25, 0.3) is 5.91 Å². The molecule has 1 aromatic heterocycles. The molecule has 0 saturated carbocycles. The number of aryl methyl sites for hydroxylation is 2. The first-order valence-corrected chi connectivity index (χ1v) is 14.2. The van der Waals surface area contributed by atoms with Crippen molar-refractivity contribution >= 4 is 22.7 Å². The van der Waals surface area contributed by atoms with Crippen LogP contribution >= 0.6 is 0 Å².